The van der Waals surface area contributed by atoms with Crippen LogP contribution >= 0.6 is 0 Å². The molecule has 0 saturated carbocycles. The number of amides is 1. The maximum absolute atomic E-state index is 11.7. The van der Waals surface area contributed by atoms with Crippen molar-refractivity contribution in [1.29, 1.82) is 0 Å². The number of carbonyl (C=O) groups excluding carboxylic acids is 1. The molecular formula is C11H23N3O. The predicted molar refractivity (Wildman–Crippen MR) is 61.5 cm³/mol. The average Bonchev–Trinajstić information content (AvgIpc) is 2.08. The summed E-state index contributed by atoms with van der Waals surface area (Å²) in [4.78, 5) is 13.9. The van der Waals surface area contributed by atoms with Gasteiger partial charge in [-0.3, -0.25) is 9.69 Å². The molecule has 1 fully saturated rings. The number of carbonyl (C=O) groups is 1. The molecule has 4 nitrogen and oxygen atoms in total. The van der Waals surface area contributed by atoms with Crippen LogP contribution in [-0.2, 0) is 4.79 Å². The Balaban J connectivity index is 2.62. The van der Waals surface area contributed by atoms with Gasteiger partial charge in [-0.05, 0) is 20.3 Å². The van der Waals surface area contributed by atoms with Gasteiger partial charge in [0.15, 0.2) is 0 Å². The molecule has 1 aliphatic rings. The van der Waals surface area contributed by atoms with Crippen molar-refractivity contribution in [1.82, 2.24) is 10.2 Å². The highest BCUT2D eigenvalue weighted by Crippen LogP contribution is 2.13. The van der Waals surface area contributed by atoms with Crippen LogP contribution in [0.3, 0.4) is 0 Å². The van der Waals surface area contributed by atoms with Gasteiger partial charge < -0.3 is 11.1 Å². The Morgan fingerprint density at radius 2 is 2.27 bits per heavy atom. The molecule has 0 aromatic rings. The lowest BCUT2D eigenvalue weighted by Crippen LogP contribution is -2.59. The van der Waals surface area contributed by atoms with E-state index < -0.39 is 0 Å². The summed E-state index contributed by atoms with van der Waals surface area (Å²) in [6.45, 7) is 8.55. The minimum absolute atomic E-state index is 0.0200. The lowest BCUT2D eigenvalue weighted by Gasteiger charge is -2.38. The third-order valence-corrected chi connectivity index (χ3v) is 2.61. The molecule has 0 spiro atoms. The quantitative estimate of drug-likeness (QED) is 0.707. The van der Waals surface area contributed by atoms with Gasteiger partial charge in [-0.2, -0.15) is 0 Å². The summed E-state index contributed by atoms with van der Waals surface area (Å²) in [6.07, 6.45) is 1.95. The van der Waals surface area contributed by atoms with Crippen molar-refractivity contribution in [2.24, 2.45) is 5.73 Å². The summed E-state index contributed by atoms with van der Waals surface area (Å²) in [5.41, 5.74) is 5.76. The van der Waals surface area contributed by atoms with Gasteiger partial charge in [-0.25, -0.2) is 0 Å². The third-order valence-electron chi connectivity index (χ3n) is 2.61. The highest BCUT2D eigenvalue weighted by atomic mass is 16.2. The van der Waals surface area contributed by atoms with E-state index in [1.807, 2.05) is 13.8 Å². The Morgan fingerprint density at radius 3 is 2.80 bits per heavy atom. The molecule has 4 heteroatoms. The SMILES string of the molecule is CCCC1C(=O)NCCN1CC(C)(C)N. The second kappa shape index (κ2) is 4.94. The van der Waals surface area contributed by atoms with Crippen molar-refractivity contribution >= 4 is 5.91 Å². The van der Waals surface area contributed by atoms with Gasteiger partial charge in [0.1, 0.15) is 0 Å². The summed E-state index contributed by atoms with van der Waals surface area (Å²) >= 11 is 0. The molecule has 0 radical (unpaired) electrons. The molecule has 15 heavy (non-hydrogen) atoms. The summed E-state index contributed by atoms with van der Waals surface area (Å²) in [7, 11) is 0. The number of hydrogen-bond donors (Lipinski definition) is 2. The van der Waals surface area contributed by atoms with Crippen LogP contribution in [-0.4, -0.2) is 42.0 Å². The normalized spacial score (nSPS) is 24.0. The Kier molecular flexibility index (Phi) is 4.11. The molecule has 1 saturated heterocycles. The first-order valence-electron chi connectivity index (χ1n) is 5.74. The number of nitrogens with zero attached hydrogens (tertiary/aromatic N) is 1. The Morgan fingerprint density at radius 1 is 1.60 bits per heavy atom. The first-order chi connectivity index (χ1) is 6.94. The number of nitrogens with two attached hydrogens (primary N) is 1. The number of piperazine rings is 1. The highest BCUT2D eigenvalue weighted by Gasteiger charge is 2.31. The van der Waals surface area contributed by atoms with E-state index in [0.717, 1.165) is 32.5 Å². The molecule has 0 aromatic heterocycles. The van der Waals surface area contributed by atoms with Crippen LogP contribution in [0.2, 0.25) is 0 Å². The second-order valence-electron chi connectivity index (χ2n) is 5.05. The zero-order valence-corrected chi connectivity index (χ0v) is 10.0. The van der Waals surface area contributed by atoms with Crippen molar-refractivity contribution in [2.75, 3.05) is 19.6 Å². The van der Waals surface area contributed by atoms with Crippen molar-refractivity contribution in [2.45, 2.75) is 45.2 Å². The summed E-state index contributed by atoms with van der Waals surface area (Å²) < 4.78 is 0. The van der Waals surface area contributed by atoms with E-state index in [0.29, 0.717) is 0 Å². The van der Waals surface area contributed by atoms with E-state index in [9.17, 15) is 4.79 Å². The fourth-order valence-corrected chi connectivity index (χ4v) is 2.06. The first-order valence-corrected chi connectivity index (χ1v) is 5.74. The average molecular weight is 213 g/mol. The monoisotopic (exact) mass is 213 g/mol. The van der Waals surface area contributed by atoms with Crippen molar-refractivity contribution in [3.63, 3.8) is 0 Å². The molecule has 1 rings (SSSR count). The van der Waals surface area contributed by atoms with E-state index in [4.69, 9.17) is 5.73 Å². The number of rotatable bonds is 4. The number of nitrogens with one attached hydrogen (secondary N) is 1. The van der Waals surface area contributed by atoms with Crippen molar-refractivity contribution < 1.29 is 4.79 Å². The molecule has 0 bridgehead atoms. The standard InChI is InChI=1S/C11H23N3O/c1-4-5-9-10(15)13-6-7-14(9)8-11(2,3)12/h9H,4-8,12H2,1-3H3,(H,13,15). The van der Waals surface area contributed by atoms with Gasteiger partial charge in [-0.1, -0.05) is 13.3 Å². The second-order valence-corrected chi connectivity index (χ2v) is 5.05. The molecule has 3 N–H and O–H groups in total. The Bertz CT molecular complexity index is 222. The van der Waals surface area contributed by atoms with Crippen LogP contribution in [0.1, 0.15) is 33.6 Å². The molecule has 1 heterocycles. The predicted octanol–water partition coefficient (Wildman–Crippen LogP) is 0.324. The van der Waals surface area contributed by atoms with Crippen LogP contribution in [0.5, 0.6) is 0 Å². The minimum atomic E-state index is -0.233. The smallest absolute Gasteiger partial charge is 0.237 e. The molecule has 1 atom stereocenters. The zero-order valence-electron chi connectivity index (χ0n) is 10.0. The number of hydrogen-bond acceptors (Lipinski definition) is 3. The minimum Gasteiger partial charge on any atom is -0.353 e. The molecule has 1 amide bonds. The Hall–Kier alpha value is -0.610. The van der Waals surface area contributed by atoms with Crippen LogP contribution in [0.25, 0.3) is 0 Å². The zero-order chi connectivity index (χ0) is 11.5. The molecule has 1 aliphatic heterocycles. The molecule has 1 unspecified atom stereocenters. The summed E-state index contributed by atoms with van der Waals surface area (Å²) in [5, 5.41) is 2.91. The van der Waals surface area contributed by atoms with E-state index in [2.05, 4.69) is 17.1 Å². The van der Waals surface area contributed by atoms with E-state index >= 15 is 0 Å². The first kappa shape index (κ1) is 12.5. The van der Waals surface area contributed by atoms with Crippen molar-refractivity contribution in [3.05, 3.63) is 0 Å². The Labute approximate surface area is 92.2 Å². The van der Waals surface area contributed by atoms with Crippen molar-refractivity contribution in [3.8, 4) is 0 Å². The van der Waals surface area contributed by atoms with Gasteiger partial charge in [0.25, 0.3) is 0 Å². The van der Waals surface area contributed by atoms with Crippen LogP contribution in [0, 0.1) is 0 Å². The lowest BCUT2D eigenvalue weighted by atomic mass is 10.0. The maximum Gasteiger partial charge on any atom is 0.237 e. The summed E-state index contributed by atoms with van der Waals surface area (Å²) in [5.74, 6) is 0.160. The fraction of sp³-hybridized carbons (Fsp3) is 0.909. The third kappa shape index (κ3) is 3.80. The fourth-order valence-electron chi connectivity index (χ4n) is 2.06. The molecule has 0 aromatic carbocycles. The van der Waals surface area contributed by atoms with Gasteiger partial charge >= 0.3 is 0 Å². The topological polar surface area (TPSA) is 58.4 Å². The molecular weight excluding hydrogens is 190 g/mol. The van der Waals surface area contributed by atoms with Crippen LogP contribution < -0.4 is 11.1 Å². The van der Waals surface area contributed by atoms with Gasteiger partial charge in [0.05, 0.1) is 6.04 Å². The molecule has 0 aliphatic carbocycles. The van der Waals surface area contributed by atoms with Crippen LogP contribution in [0.4, 0.5) is 0 Å². The highest BCUT2D eigenvalue weighted by molar-refractivity contribution is 5.82. The van der Waals surface area contributed by atoms with Gasteiger partial charge in [0, 0.05) is 25.2 Å². The van der Waals surface area contributed by atoms with E-state index in [1.165, 1.54) is 0 Å². The van der Waals surface area contributed by atoms with E-state index in [1.54, 1.807) is 0 Å². The van der Waals surface area contributed by atoms with Gasteiger partial charge in [0.2, 0.25) is 5.91 Å². The largest absolute Gasteiger partial charge is 0.353 e. The summed E-state index contributed by atoms with van der Waals surface area (Å²) in [6, 6.07) is 0.0200. The molecule has 88 valence electrons. The van der Waals surface area contributed by atoms with E-state index in [-0.39, 0.29) is 17.5 Å². The van der Waals surface area contributed by atoms with Crippen LogP contribution in [0.15, 0.2) is 0 Å². The van der Waals surface area contributed by atoms with Gasteiger partial charge in [-0.15, -0.1) is 0 Å². The lowest BCUT2D eigenvalue weighted by molar-refractivity contribution is -0.129. The maximum atomic E-state index is 11.7.